The highest BCUT2D eigenvalue weighted by atomic mass is 19.4. The molecule has 0 unspecified atom stereocenters. The summed E-state index contributed by atoms with van der Waals surface area (Å²) >= 11 is 0. The fourth-order valence-electron chi connectivity index (χ4n) is 1.80. The van der Waals surface area contributed by atoms with Crippen molar-refractivity contribution in [2.45, 2.75) is 19.5 Å². The lowest BCUT2D eigenvalue weighted by molar-refractivity contribution is -0.138. The zero-order chi connectivity index (χ0) is 14.9. The van der Waals surface area contributed by atoms with Gasteiger partial charge < -0.3 is 5.11 Å². The molecule has 1 aromatic heterocycles. The molecule has 0 saturated heterocycles. The number of carbonyl (C=O) groups is 1. The monoisotopic (exact) mass is 285 g/mol. The molecule has 1 aromatic carbocycles. The number of hydrogen-bond acceptors (Lipinski definition) is 3. The largest absolute Gasteiger partial charge is 0.481 e. The minimum atomic E-state index is -4.48. The molecule has 8 heteroatoms. The molecule has 0 fully saturated rings. The van der Waals surface area contributed by atoms with Gasteiger partial charge in [0.15, 0.2) is 0 Å². The van der Waals surface area contributed by atoms with E-state index >= 15 is 0 Å². The van der Waals surface area contributed by atoms with Crippen LogP contribution in [0, 0.1) is 6.92 Å². The van der Waals surface area contributed by atoms with E-state index < -0.39 is 17.7 Å². The van der Waals surface area contributed by atoms with Crippen LogP contribution in [0.25, 0.3) is 5.69 Å². The van der Waals surface area contributed by atoms with E-state index in [1.165, 1.54) is 25.3 Å². The number of halogens is 3. The third-order valence-electron chi connectivity index (χ3n) is 2.72. The standard InChI is InChI=1S/C12H10F3N3O2/c1-7-2-3-8(4-10(7)12(13,14)15)18-9(5-11(19)20)6-16-17-18/h2-4,6H,5H2,1H3,(H,19,20). The van der Waals surface area contributed by atoms with Crippen LogP contribution < -0.4 is 0 Å². The first kappa shape index (κ1) is 14.0. The Labute approximate surface area is 111 Å². The molecule has 2 aromatic rings. The predicted octanol–water partition coefficient (Wildman–Crippen LogP) is 2.22. The average Bonchev–Trinajstić information content (AvgIpc) is 2.75. The highest BCUT2D eigenvalue weighted by Crippen LogP contribution is 2.33. The smallest absolute Gasteiger partial charge is 0.416 e. The minimum absolute atomic E-state index is 0.0844. The number of benzene rings is 1. The second kappa shape index (κ2) is 4.95. The molecule has 106 valence electrons. The Morgan fingerprint density at radius 1 is 1.40 bits per heavy atom. The Morgan fingerprint density at radius 2 is 2.10 bits per heavy atom. The van der Waals surface area contributed by atoms with Crippen molar-refractivity contribution in [3.8, 4) is 5.69 Å². The second-order valence-electron chi connectivity index (χ2n) is 4.20. The minimum Gasteiger partial charge on any atom is -0.481 e. The van der Waals surface area contributed by atoms with Gasteiger partial charge in [0.1, 0.15) is 0 Å². The van der Waals surface area contributed by atoms with Gasteiger partial charge >= 0.3 is 12.1 Å². The van der Waals surface area contributed by atoms with Crippen LogP contribution in [-0.2, 0) is 17.4 Å². The van der Waals surface area contributed by atoms with Gasteiger partial charge in [-0.1, -0.05) is 11.3 Å². The number of aliphatic carboxylic acids is 1. The number of carboxylic acid groups (broad SMARTS) is 1. The van der Waals surface area contributed by atoms with Crippen LogP contribution >= 0.6 is 0 Å². The van der Waals surface area contributed by atoms with Crippen LogP contribution in [0.2, 0.25) is 0 Å². The SMILES string of the molecule is Cc1ccc(-n2nncc2CC(=O)O)cc1C(F)(F)F. The summed E-state index contributed by atoms with van der Waals surface area (Å²) in [7, 11) is 0. The number of aromatic nitrogens is 3. The quantitative estimate of drug-likeness (QED) is 0.939. The number of carboxylic acids is 1. The predicted molar refractivity (Wildman–Crippen MR) is 62.4 cm³/mol. The molecule has 20 heavy (non-hydrogen) atoms. The highest BCUT2D eigenvalue weighted by Gasteiger charge is 2.32. The van der Waals surface area contributed by atoms with Crippen LogP contribution in [-0.4, -0.2) is 26.1 Å². The molecule has 0 aliphatic carbocycles. The normalized spacial score (nSPS) is 11.6. The summed E-state index contributed by atoms with van der Waals surface area (Å²) in [6.07, 6.45) is -3.64. The molecule has 0 aliphatic heterocycles. The Balaban J connectivity index is 2.49. The third-order valence-corrected chi connectivity index (χ3v) is 2.72. The molecule has 0 spiro atoms. The number of nitrogens with zero attached hydrogens (tertiary/aromatic N) is 3. The van der Waals surface area contributed by atoms with Crippen molar-refractivity contribution >= 4 is 5.97 Å². The maximum Gasteiger partial charge on any atom is 0.416 e. The van der Waals surface area contributed by atoms with Gasteiger partial charge in [-0.3, -0.25) is 4.79 Å². The number of alkyl halides is 3. The van der Waals surface area contributed by atoms with Gasteiger partial charge in [0.2, 0.25) is 0 Å². The maximum absolute atomic E-state index is 12.8. The number of rotatable bonds is 3. The van der Waals surface area contributed by atoms with Gasteiger partial charge in [-0.05, 0) is 24.6 Å². The summed E-state index contributed by atoms with van der Waals surface area (Å²) in [5, 5.41) is 15.9. The van der Waals surface area contributed by atoms with Crippen LogP contribution in [0.15, 0.2) is 24.4 Å². The average molecular weight is 285 g/mol. The van der Waals surface area contributed by atoms with Crippen molar-refractivity contribution in [1.82, 2.24) is 15.0 Å². The summed E-state index contributed by atoms with van der Waals surface area (Å²) in [5.74, 6) is -1.11. The van der Waals surface area contributed by atoms with Crippen molar-refractivity contribution in [3.63, 3.8) is 0 Å². The van der Waals surface area contributed by atoms with Gasteiger partial charge in [0, 0.05) is 0 Å². The molecule has 0 saturated carbocycles. The molecule has 0 atom stereocenters. The first-order chi connectivity index (χ1) is 9.29. The topological polar surface area (TPSA) is 68.0 Å². The first-order valence-electron chi connectivity index (χ1n) is 5.58. The molecule has 1 N–H and O–H groups in total. The molecular formula is C12H10F3N3O2. The van der Waals surface area contributed by atoms with Gasteiger partial charge in [0.25, 0.3) is 0 Å². The van der Waals surface area contributed by atoms with Crippen LogP contribution in [0.3, 0.4) is 0 Å². The molecule has 0 amide bonds. The fraction of sp³-hybridized carbons (Fsp3) is 0.250. The van der Waals surface area contributed by atoms with Crippen molar-refractivity contribution in [2.75, 3.05) is 0 Å². The van der Waals surface area contributed by atoms with Crippen molar-refractivity contribution in [2.24, 2.45) is 0 Å². The van der Waals surface area contributed by atoms with E-state index in [0.29, 0.717) is 0 Å². The van der Waals surface area contributed by atoms with Gasteiger partial charge in [0.05, 0.1) is 29.6 Å². The molecule has 0 bridgehead atoms. The molecule has 1 heterocycles. The van der Waals surface area contributed by atoms with Crippen LogP contribution in [0.4, 0.5) is 13.2 Å². The lowest BCUT2D eigenvalue weighted by Gasteiger charge is -2.12. The zero-order valence-electron chi connectivity index (χ0n) is 10.3. The van der Waals surface area contributed by atoms with E-state index in [1.807, 2.05) is 0 Å². The van der Waals surface area contributed by atoms with Crippen molar-refractivity contribution in [3.05, 3.63) is 41.2 Å². The summed E-state index contributed by atoms with van der Waals surface area (Å²) in [5.41, 5.74) is -0.376. The van der Waals surface area contributed by atoms with E-state index in [9.17, 15) is 18.0 Å². The van der Waals surface area contributed by atoms with E-state index in [-0.39, 0.29) is 23.4 Å². The van der Waals surface area contributed by atoms with Crippen molar-refractivity contribution in [1.29, 1.82) is 0 Å². The lowest BCUT2D eigenvalue weighted by Crippen LogP contribution is -2.11. The van der Waals surface area contributed by atoms with Crippen LogP contribution in [0.1, 0.15) is 16.8 Å². The second-order valence-corrected chi connectivity index (χ2v) is 4.20. The summed E-state index contributed by atoms with van der Waals surface area (Å²) in [6, 6.07) is 3.67. The maximum atomic E-state index is 12.8. The molecule has 5 nitrogen and oxygen atoms in total. The van der Waals surface area contributed by atoms with Gasteiger partial charge in [-0.2, -0.15) is 13.2 Å². The Morgan fingerprint density at radius 3 is 2.70 bits per heavy atom. The third kappa shape index (κ3) is 2.79. The number of hydrogen-bond donors (Lipinski definition) is 1. The fourth-order valence-corrected chi connectivity index (χ4v) is 1.80. The molecule has 2 rings (SSSR count). The lowest BCUT2D eigenvalue weighted by atomic mass is 10.1. The summed E-state index contributed by atoms with van der Waals surface area (Å²) < 4.78 is 39.6. The summed E-state index contributed by atoms with van der Waals surface area (Å²) in [4.78, 5) is 10.7. The number of aryl methyl sites for hydroxylation is 1. The van der Waals surface area contributed by atoms with E-state index in [2.05, 4.69) is 10.3 Å². The Kier molecular flexibility index (Phi) is 3.47. The van der Waals surface area contributed by atoms with E-state index in [1.54, 1.807) is 0 Å². The molecule has 0 aliphatic rings. The highest BCUT2D eigenvalue weighted by molar-refractivity contribution is 5.69. The Hall–Kier alpha value is -2.38. The Bertz CT molecular complexity index is 650. The van der Waals surface area contributed by atoms with Gasteiger partial charge in [-0.25, -0.2) is 4.68 Å². The van der Waals surface area contributed by atoms with Gasteiger partial charge in [-0.15, -0.1) is 5.10 Å². The zero-order valence-corrected chi connectivity index (χ0v) is 10.3. The molecule has 0 radical (unpaired) electrons. The van der Waals surface area contributed by atoms with E-state index in [4.69, 9.17) is 5.11 Å². The van der Waals surface area contributed by atoms with E-state index in [0.717, 1.165) is 10.7 Å². The summed E-state index contributed by atoms with van der Waals surface area (Å²) in [6.45, 7) is 1.35. The van der Waals surface area contributed by atoms with Crippen LogP contribution in [0.5, 0.6) is 0 Å². The first-order valence-corrected chi connectivity index (χ1v) is 5.58. The van der Waals surface area contributed by atoms with Crippen molar-refractivity contribution < 1.29 is 23.1 Å². The molecular weight excluding hydrogens is 275 g/mol.